The average molecular weight is 533 g/mol. The van der Waals surface area contributed by atoms with Crippen molar-refractivity contribution in [1.82, 2.24) is 4.72 Å². The number of nitrogens with one attached hydrogen (secondary N) is 2. The lowest BCUT2D eigenvalue weighted by molar-refractivity contribution is -0.125. The molecule has 11 heteroatoms. The van der Waals surface area contributed by atoms with Gasteiger partial charge in [0.1, 0.15) is 17.7 Å². The highest BCUT2D eigenvalue weighted by atomic mass is 32.2. The third-order valence-electron chi connectivity index (χ3n) is 5.38. The number of benzene rings is 3. The number of aliphatic hydroxyl groups excluding tert-OH is 1. The van der Waals surface area contributed by atoms with Crippen LogP contribution in [0.2, 0.25) is 0 Å². The molecule has 4 unspecified atom stereocenters. The van der Waals surface area contributed by atoms with Crippen LogP contribution in [0.5, 0.6) is 0 Å². The number of rotatable bonds is 13. The number of halogens is 2. The van der Waals surface area contributed by atoms with Crippen molar-refractivity contribution in [3.05, 3.63) is 95.6 Å². The normalized spacial score (nSPS) is 14.5. The summed E-state index contributed by atoms with van der Waals surface area (Å²) in [4.78, 5) is 12.8. The van der Waals surface area contributed by atoms with E-state index in [1.165, 1.54) is 6.07 Å². The van der Waals surface area contributed by atoms with Crippen LogP contribution in [-0.4, -0.2) is 46.9 Å². The molecule has 0 aliphatic rings. The number of aliphatic hydroxyl groups is 1. The fourth-order valence-electron chi connectivity index (χ4n) is 3.40. The van der Waals surface area contributed by atoms with Crippen LogP contribution in [0.4, 0.5) is 14.5 Å². The summed E-state index contributed by atoms with van der Waals surface area (Å²) >= 11 is -1.70. The molecule has 3 rings (SSSR count). The molecule has 0 fully saturated rings. The number of nitrogens with two attached hydrogens (primary N) is 2. The Morgan fingerprint density at radius 3 is 2.57 bits per heavy atom. The molecule has 0 aliphatic heterocycles. The second kappa shape index (κ2) is 14.1. The van der Waals surface area contributed by atoms with Gasteiger partial charge in [0, 0.05) is 17.8 Å². The first-order chi connectivity index (χ1) is 17.7. The van der Waals surface area contributed by atoms with Gasteiger partial charge in [0.15, 0.2) is 4.90 Å². The minimum atomic E-state index is -1.70. The quantitative estimate of drug-likeness (QED) is 0.212. The molecule has 198 valence electrons. The van der Waals surface area contributed by atoms with E-state index in [0.717, 1.165) is 23.8 Å². The molecule has 0 aliphatic carbocycles. The SMILES string of the molecule is NC(CN[S+]([O-])c1cccc(NC(=O)C(O)C(N)COCc2ccccc2)c1)Cc1cc(F)ccc1F. The number of carbonyl (C=O) groups is 1. The van der Waals surface area contributed by atoms with Gasteiger partial charge in [-0.05, 0) is 47.9 Å². The third-order valence-corrected chi connectivity index (χ3v) is 6.49. The summed E-state index contributed by atoms with van der Waals surface area (Å²) in [6.45, 7) is 0.331. The molecule has 4 atom stereocenters. The summed E-state index contributed by atoms with van der Waals surface area (Å²) in [6, 6.07) is 17.2. The first kappa shape index (κ1) is 28.7. The monoisotopic (exact) mass is 532 g/mol. The zero-order valence-corrected chi connectivity index (χ0v) is 20.8. The lowest BCUT2D eigenvalue weighted by Crippen LogP contribution is -2.46. The molecule has 0 saturated carbocycles. The zero-order chi connectivity index (χ0) is 26.8. The standard InChI is InChI=1S/C26H30F2N4O4S/c27-19-9-10-23(28)18(11-19)12-20(29)14-31-37(35)22-8-4-7-21(13-22)32-26(34)25(33)24(30)16-36-15-17-5-2-1-3-6-17/h1-11,13,20,24-25,31,33H,12,14-16,29-30H2,(H,32,34). The van der Waals surface area contributed by atoms with Crippen LogP contribution in [0.1, 0.15) is 11.1 Å². The van der Waals surface area contributed by atoms with Gasteiger partial charge in [-0.25, -0.2) is 8.78 Å². The molecule has 0 aromatic heterocycles. The maximum Gasteiger partial charge on any atom is 0.254 e. The van der Waals surface area contributed by atoms with Gasteiger partial charge in [-0.15, -0.1) is 4.72 Å². The van der Waals surface area contributed by atoms with Crippen LogP contribution in [0.15, 0.2) is 77.7 Å². The Kier molecular flexibility index (Phi) is 11.0. The molecule has 0 heterocycles. The first-order valence-corrected chi connectivity index (χ1v) is 12.7. The van der Waals surface area contributed by atoms with Crippen molar-refractivity contribution in [2.75, 3.05) is 18.5 Å². The zero-order valence-electron chi connectivity index (χ0n) is 20.0. The summed E-state index contributed by atoms with van der Waals surface area (Å²) in [7, 11) is 0. The summed E-state index contributed by atoms with van der Waals surface area (Å²) in [5.41, 5.74) is 13.3. The van der Waals surface area contributed by atoms with Gasteiger partial charge in [-0.1, -0.05) is 36.4 Å². The summed E-state index contributed by atoms with van der Waals surface area (Å²) in [5.74, 6) is -1.86. The van der Waals surface area contributed by atoms with Gasteiger partial charge >= 0.3 is 0 Å². The van der Waals surface area contributed by atoms with Crippen molar-refractivity contribution in [3.63, 3.8) is 0 Å². The van der Waals surface area contributed by atoms with Gasteiger partial charge < -0.3 is 31.2 Å². The van der Waals surface area contributed by atoms with E-state index >= 15 is 0 Å². The van der Waals surface area contributed by atoms with Gasteiger partial charge in [-0.3, -0.25) is 4.79 Å². The van der Waals surface area contributed by atoms with E-state index in [4.69, 9.17) is 16.2 Å². The van der Waals surface area contributed by atoms with Gasteiger partial charge in [0.2, 0.25) is 0 Å². The second-order valence-corrected chi connectivity index (χ2v) is 9.74. The van der Waals surface area contributed by atoms with E-state index in [2.05, 4.69) is 10.0 Å². The number of ether oxygens (including phenoxy) is 1. The fourth-order valence-corrected chi connectivity index (χ4v) is 4.37. The number of amides is 1. The van der Waals surface area contributed by atoms with E-state index in [1.54, 1.807) is 18.2 Å². The smallest absolute Gasteiger partial charge is 0.254 e. The largest absolute Gasteiger partial charge is 0.593 e. The molecule has 8 nitrogen and oxygen atoms in total. The Morgan fingerprint density at radius 1 is 1.05 bits per heavy atom. The molecule has 0 saturated heterocycles. The predicted octanol–water partition coefficient (Wildman–Crippen LogP) is 1.99. The number of anilines is 1. The summed E-state index contributed by atoms with van der Waals surface area (Å²) in [6.07, 6.45) is -1.47. The molecule has 37 heavy (non-hydrogen) atoms. The molecule has 3 aromatic carbocycles. The minimum absolute atomic E-state index is 0.0305. The molecule has 3 aromatic rings. The van der Waals surface area contributed by atoms with Crippen LogP contribution < -0.4 is 21.5 Å². The Morgan fingerprint density at radius 2 is 1.81 bits per heavy atom. The first-order valence-electron chi connectivity index (χ1n) is 11.5. The predicted molar refractivity (Wildman–Crippen MR) is 138 cm³/mol. The van der Waals surface area contributed by atoms with E-state index in [-0.39, 0.29) is 25.1 Å². The maximum absolute atomic E-state index is 13.8. The van der Waals surface area contributed by atoms with Gasteiger partial charge in [-0.2, -0.15) is 0 Å². The van der Waals surface area contributed by atoms with Crippen molar-refractivity contribution in [1.29, 1.82) is 0 Å². The minimum Gasteiger partial charge on any atom is -0.593 e. The van der Waals surface area contributed by atoms with Crippen molar-refractivity contribution in [3.8, 4) is 0 Å². The topological polar surface area (TPSA) is 146 Å². The van der Waals surface area contributed by atoms with E-state index in [9.17, 15) is 23.2 Å². The third kappa shape index (κ3) is 9.17. The number of hydrogen-bond acceptors (Lipinski definition) is 7. The van der Waals surface area contributed by atoms with Gasteiger partial charge in [0.25, 0.3) is 5.91 Å². The second-order valence-electron chi connectivity index (χ2n) is 8.44. The molecule has 0 spiro atoms. The van der Waals surface area contributed by atoms with Crippen LogP contribution in [0, 0.1) is 11.6 Å². The summed E-state index contributed by atoms with van der Waals surface area (Å²) in [5, 5.41) is 12.8. The Balaban J connectivity index is 1.47. The molecule has 0 bridgehead atoms. The highest BCUT2D eigenvalue weighted by Gasteiger charge is 2.24. The molecule has 1 amide bonds. The Hall–Kier alpha value is -2.90. The van der Waals surface area contributed by atoms with E-state index < -0.39 is 47.1 Å². The van der Waals surface area contributed by atoms with E-state index in [0.29, 0.717) is 17.2 Å². The summed E-state index contributed by atoms with van der Waals surface area (Å²) < 4.78 is 48.0. The van der Waals surface area contributed by atoms with Crippen LogP contribution in [0.25, 0.3) is 0 Å². The van der Waals surface area contributed by atoms with Gasteiger partial charge in [0.05, 0.1) is 37.2 Å². The van der Waals surface area contributed by atoms with Crippen molar-refractivity contribution < 1.29 is 28.0 Å². The Labute approximate surface area is 217 Å². The van der Waals surface area contributed by atoms with Crippen LogP contribution in [0.3, 0.4) is 0 Å². The van der Waals surface area contributed by atoms with E-state index in [1.807, 2.05) is 30.3 Å². The molecule has 0 radical (unpaired) electrons. The maximum atomic E-state index is 13.8. The van der Waals surface area contributed by atoms with Crippen molar-refractivity contribution in [2.24, 2.45) is 11.5 Å². The average Bonchev–Trinajstić information content (AvgIpc) is 2.89. The number of hydrogen-bond donors (Lipinski definition) is 5. The van der Waals surface area contributed by atoms with Crippen molar-refractivity contribution in [2.45, 2.75) is 36.1 Å². The fraction of sp³-hybridized carbons (Fsp3) is 0.269. The highest BCUT2D eigenvalue weighted by molar-refractivity contribution is 7.89. The van der Waals surface area contributed by atoms with Crippen LogP contribution in [-0.2, 0) is 33.9 Å². The molecular formula is C26H30F2N4O4S. The highest BCUT2D eigenvalue weighted by Crippen LogP contribution is 2.17. The molecular weight excluding hydrogens is 502 g/mol. The Bertz CT molecular complexity index is 1160. The molecule has 7 N–H and O–H groups in total. The number of carbonyl (C=O) groups excluding carboxylic acids is 1. The van der Waals surface area contributed by atoms with Crippen LogP contribution >= 0.6 is 0 Å². The lowest BCUT2D eigenvalue weighted by atomic mass is 10.1. The van der Waals surface area contributed by atoms with Crippen molar-refractivity contribution >= 4 is 23.0 Å². The lowest BCUT2D eigenvalue weighted by Gasteiger charge is -2.19.